The van der Waals surface area contributed by atoms with Gasteiger partial charge in [0.15, 0.2) is 11.4 Å². The van der Waals surface area contributed by atoms with Crippen molar-refractivity contribution in [1.29, 1.82) is 0 Å². The SMILES string of the molecule is CCOCC#CCSC(=O)[C@@]1(OC(=O)c2ccco2)[C@H](C)C[C@H]2[C@@H]3C[C@H](F)C4=CC(O)=CC(=O)[C@]4(C)[C@@]3(F)CC[C@@]21C. The number of carbonyl (C=O) groups is 3. The molecule has 0 radical (unpaired) electrons. The molecule has 0 bridgehead atoms. The Morgan fingerprint density at radius 2 is 1.95 bits per heavy atom. The van der Waals surface area contributed by atoms with Gasteiger partial charge in [-0.3, -0.25) is 9.59 Å². The Balaban J connectivity index is 1.54. The molecule has 7 nitrogen and oxygen atoms in total. The standard InChI is InChI=1S/C32H36F2O7S/c1-5-39-12-6-7-14-42-28(38)32(41-27(37)25-9-8-13-40-25)19(2)15-21-22-18-24(33)23-16-20(35)17-26(36)30(23,4)31(22,34)11-10-29(21,32)3/h8-9,13,16-17,19,21-22,24,35H,5,10-12,14-15,18H2,1-4H3/t19-,21+,22+,24+,29+,30-,31-,32+/m1/s1. The van der Waals surface area contributed by atoms with Crippen molar-refractivity contribution in [3.63, 3.8) is 0 Å². The Morgan fingerprint density at radius 1 is 1.19 bits per heavy atom. The predicted molar refractivity (Wildman–Crippen MR) is 152 cm³/mol. The van der Waals surface area contributed by atoms with Gasteiger partial charge in [0.25, 0.3) is 0 Å². The minimum absolute atomic E-state index is 0.0475. The van der Waals surface area contributed by atoms with Gasteiger partial charge < -0.3 is 19.0 Å². The summed E-state index contributed by atoms with van der Waals surface area (Å²) in [6.07, 6.45) is 1.86. The van der Waals surface area contributed by atoms with Gasteiger partial charge >= 0.3 is 5.97 Å². The second-order valence-electron chi connectivity index (χ2n) is 12.2. The van der Waals surface area contributed by atoms with Crippen molar-refractivity contribution in [2.75, 3.05) is 19.0 Å². The monoisotopic (exact) mass is 602 g/mol. The van der Waals surface area contributed by atoms with Crippen molar-refractivity contribution in [2.45, 2.75) is 70.8 Å². The van der Waals surface area contributed by atoms with Crippen molar-refractivity contribution in [2.24, 2.45) is 28.6 Å². The third-order valence-electron chi connectivity index (χ3n) is 10.4. The van der Waals surface area contributed by atoms with Gasteiger partial charge in [-0.05, 0) is 69.2 Å². The number of allylic oxidation sites excluding steroid dienone is 3. The lowest BCUT2D eigenvalue weighted by molar-refractivity contribution is -0.187. The van der Waals surface area contributed by atoms with Crippen LogP contribution in [0.1, 0.15) is 63.9 Å². The number of furan rings is 1. The molecule has 8 atom stereocenters. The molecule has 0 unspecified atom stereocenters. The Kier molecular flexibility index (Phi) is 7.99. The van der Waals surface area contributed by atoms with Crippen LogP contribution >= 0.6 is 11.8 Å². The highest BCUT2D eigenvalue weighted by atomic mass is 32.2. The number of carbonyl (C=O) groups excluding carboxylic acids is 3. The summed E-state index contributed by atoms with van der Waals surface area (Å²) in [7, 11) is 0. The van der Waals surface area contributed by atoms with Gasteiger partial charge in [0, 0.05) is 29.9 Å². The third kappa shape index (κ3) is 4.29. The van der Waals surface area contributed by atoms with E-state index in [0.717, 1.165) is 17.8 Å². The van der Waals surface area contributed by atoms with Gasteiger partial charge in [-0.25, -0.2) is 13.6 Å². The van der Waals surface area contributed by atoms with E-state index in [1.165, 1.54) is 31.4 Å². The molecular formula is C32H36F2O7S. The van der Waals surface area contributed by atoms with Crippen molar-refractivity contribution < 1.29 is 42.2 Å². The van der Waals surface area contributed by atoms with Crippen molar-refractivity contribution in [1.82, 2.24) is 0 Å². The number of hydrogen-bond donors (Lipinski definition) is 1. The summed E-state index contributed by atoms with van der Waals surface area (Å²) in [6, 6.07) is 2.98. The Bertz CT molecular complexity index is 1390. The maximum absolute atomic E-state index is 17.5. The molecule has 1 heterocycles. The van der Waals surface area contributed by atoms with Gasteiger partial charge in [-0.1, -0.05) is 37.5 Å². The van der Waals surface area contributed by atoms with Gasteiger partial charge in [-0.2, -0.15) is 0 Å². The Labute approximate surface area is 248 Å². The predicted octanol–water partition coefficient (Wildman–Crippen LogP) is 5.95. The zero-order chi connectivity index (χ0) is 30.5. The molecule has 42 heavy (non-hydrogen) atoms. The maximum Gasteiger partial charge on any atom is 0.375 e. The number of aliphatic hydroxyl groups is 1. The first-order valence-corrected chi connectivity index (χ1v) is 15.3. The average molecular weight is 603 g/mol. The third-order valence-corrected chi connectivity index (χ3v) is 11.2. The van der Waals surface area contributed by atoms with Gasteiger partial charge in [-0.15, -0.1) is 0 Å². The molecule has 1 aromatic rings. The molecule has 3 saturated carbocycles. The molecule has 0 amide bonds. The number of alkyl halides is 2. The molecule has 0 saturated heterocycles. The van der Waals surface area contributed by atoms with E-state index >= 15 is 8.78 Å². The van der Waals surface area contributed by atoms with E-state index in [4.69, 9.17) is 13.9 Å². The number of ketones is 1. The number of fused-ring (bicyclic) bond motifs is 5. The van der Waals surface area contributed by atoms with Crippen LogP contribution in [0.2, 0.25) is 0 Å². The molecule has 0 aliphatic heterocycles. The number of aliphatic hydroxyl groups excluding tert-OH is 1. The minimum atomic E-state index is -2.12. The second kappa shape index (κ2) is 11.0. The molecule has 0 spiro atoms. The molecule has 0 aromatic carbocycles. The van der Waals surface area contributed by atoms with E-state index in [9.17, 15) is 19.5 Å². The lowest BCUT2D eigenvalue weighted by Crippen LogP contribution is -2.67. The summed E-state index contributed by atoms with van der Waals surface area (Å²) >= 11 is 0.932. The largest absolute Gasteiger partial charge is 0.508 e. The molecular weight excluding hydrogens is 566 g/mol. The van der Waals surface area contributed by atoms with Crippen LogP contribution in [-0.2, 0) is 19.1 Å². The highest BCUT2D eigenvalue weighted by Gasteiger charge is 2.77. The Morgan fingerprint density at radius 3 is 2.64 bits per heavy atom. The molecule has 4 aliphatic rings. The summed E-state index contributed by atoms with van der Waals surface area (Å²) < 4.78 is 50.1. The summed E-state index contributed by atoms with van der Waals surface area (Å²) in [5, 5.41) is 9.64. The van der Waals surface area contributed by atoms with Gasteiger partial charge in [0.2, 0.25) is 10.9 Å². The lowest BCUT2D eigenvalue weighted by Gasteiger charge is -2.61. The normalized spacial score (nSPS) is 38.7. The van der Waals surface area contributed by atoms with Crippen molar-refractivity contribution >= 4 is 28.6 Å². The quantitative estimate of drug-likeness (QED) is 0.242. The molecule has 5 rings (SSSR count). The van der Waals surface area contributed by atoms with Crippen LogP contribution < -0.4 is 0 Å². The summed E-state index contributed by atoms with van der Waals surface area (Å²) in [5.41, 5.74) is -6.70. The fraction of sp³-hybridized carbons (Fsp3) is 0.594. The highest BCUT2D eigenvalue weighted by molar-refractivity contribution is 8.14. The van der Waals surface area contributed by atoms with Gasteiger partial charge in [0.1, 0.15) is 24.2 Å². The zero-order valence-electron chi connectivity index (χ0n) is 24.2. The van der Waals surface area contributed by atoms with E-state index < -0.39 is 62.9 Å². The van der Waals surface area contributed by atoms with E-state index in [2.05, 4.69) is 11.8 Å². The summed E-state index contributed by atoms with van der Waals surface area (Å²) in [5.74, 6) is 1.91. The maximum atomic E-state index is 17.5. The van der Waals surface area contributed by atoms with Gasteiger partial charge in [0.05, 0.1) is 17.4 Å². The van der Waals surface area contributed by atoms with Crippen LogP contribution in [0.25, 0.3) is 0 Å². The smallest absolute Gasteiger partial charge is 0.375 e. The topological polar surface area (TPSA) is 103 Å². The summed E-state index contributed by atoms with van der Waals surface area (Å²) in [6.45, 7) is 7.64. The van der Waals surface area contributed by atoms with Crippen LogP contribution in [0.15, 0.2) is 46.3 Å². The second-order valence-corrected chi connectivity index (χ2v) is 13.1. The van der Waals surface area contributed by atoms with E-state index in [1.807, 2.05) is 13.8 Å². The highest BCUT2D eigenvalue weighted by Crippen LogP contribution is 2.72. The van der Waals surface area contributed by atoms with Crippen molar-refractivity contribution in [3.05, 3.63) is 47.6 Å². The zero-order valence-corrected chi connectivity index (χ0v) is 25.0. The Hall–Kier alpha value is -2.90. The molecule has 1 aromatic heterocycles. The number of halogens is 2. The molecule has 10 heteroatoms. The van der Waals surface area contributed by atoms with E-state index in [1.54, 1.807) is 6.92 Å². The van der Waals surface area contributed by atoms with Crippen LogP contribution in [0.5, 0.6) is 0 Å². The minimum Gasteiger partial charge on any atom is -0.508 e. The van der Waals surface area contributed by atoms with Crippen LogP contribution in [0.4, 0.5) is 8.78 Å². The summed E-state index contributed by atoms with van der Waals surface area (Å²) in [4.78, 5) is 40.8. The number of esters is 1. The van der Waals surface area contributed by atoms with E-state index in [-0.39, 0.29) is 55.1 Å². The lowest BCUT2D eigenvalue weighted by atomic mass is 9.44. The number of hydrogen-bond acceptors (Lipinski definition) is 8. The van der Waals surface area contributed by atoms with Crippen LogP contribution in [0.3, 0.4) is 0 Å². The number of ether oxygens (including phenoxy) is 2. The fourth-order valence-electron chi connectivity index (χ4n) is 8.26. The first-order chi connectivity index (χ1) is 19.9. The van der Waals surface area contributed by atoms with Crippen LogP contribution in [-0.4, -0.2) is 58.4 Å². The molecule has 226 valence electrons. The average Bonchev–Trinajstić information content (AvgIpc) is 3.56. The molecule has 1 N–H and O–H groups in total. The van der Waals surface area contributed by atoms with Crippen LogP contribution in [0, 0.1) is 40.4 Å². The molecule has 3 fully saturated rings. The fourth-order valence-corrected chi connectivity index (χ4v) is 9.25. The van der Waals surface area contributed by atoms with E-state index in [0.29, 0.717) is 6.61 Å². The first-order valence-electron chi connectivity index (χ1n) is 14.3. The first kappa shape index (κ1) is 30.6. The number of rotatable bonds is 6. The molecule has 4 aliphatic carbocycles. The van der Waals surface area contributed by atoms with Crippen molar-refractivity contribution in [3.8, 4) is 11.8 Å². The number of thioether (sulfide) groups is 1.